The van der Waals surface area contributed by atoms with Crippen molar-refractivity contribution < 1.29 is 13.2 Å². The summed E-state index contributed by atoms with van der Waals surface area (Å²) in [4.78, 5) is 4.17. The molecule has 0 aromatic carbocycles. The predicted molar refractivity (Wildman–Crippen MR) is 123 cm³/mol. The summed E-state index contributed by atoms with van der Waals surface area (Å²) in [6.45, 7) is 10.2. The first kappa shape index (κ1) is 26.9. The number of nitrogens with zero attached hydrogens (tertiary/aromatic N) is 1. The molecule has 0 aromatic rings. The van der Waals surface area contributed by atoms with Gasteiger partial charge in [0.2, 0.25) is 10.0 Å². The van der Waals surface area contributed by atoms with Crippen LogP contribution in [-0.2, 0) is 14.8 Å². The lowest BCUT2D eigenvalue weighted by molar-refractivity contribution is 0.0200. The highest BCUT2D eigenvalue weighted by atomic mass is 127. The number of sulfonamides is 1. The Bertz CT molecular complexity index is 529. The molecule has 0 spiro atoms. The van der Waals surface area contributed by atoms with Crippen molar-refractivity contribution in [2.45, 2.75) is 71.9 Å². The molecule has 2 unspecified atom stereocenters. The molecular formula is C18H39IN4O3S. The van der Waals surface area contributed by atoms with E-state index in [2.05, 4.69) is 48.0 Å². The van der Waals surface area contributed by atoms with Crippen molar-refractivity contribution in [2.75, 3.05) is 32.5 Å². The number of guanidine groups is 1. The van der Waals surface area contributed by atoms with Crippen LogP contribution in [-0.4, -0.2) is 59.0 Å². The van der Waals surface area contributed by atoms with Gasteiger partial charge in [0.1, 0.15) is 0 Å². The zero-order valence-corrected chi connectivity index (χ0v) is 20.7. The van der Waals surface area contributed by atoms with Crippen LogP contribution >= 0.6 is 24.0 Å². The topological polar surface area (TPSA) is 91.8 Å². The zero-order valence-electron chi connectivity index (χ0n) is 17.5. The molecule has 0 radical (unpaired) electrons. The van der Waals surface area contributed by atoms with E-state index in [1.54, 1.807) is 7.05 Å². The molecule has 0 aliphatic carbocycles. The second-order valence-electron chi connectivity index (χ2n) is 8.30. The van der Waals surface area contributed by atoms with Gasteiger partial charge in [-0.05, 0) is 44.4 Å². The minimum atomic E-state index is -3.32. The molecule has 2 atom stereocenters. The summed E-state index contributed by atoms with van der Waals surface area (Å²) in [5.74, 6) is 0.647. The van der Waals surface area contributed by atoms with E-state index in [9.17, 15) is 8.42 Å². The summed E-state index contributed by atoms with van der Waals surface area (Å²) in [5.41, 5.74) is 0.300. The SMILES string of the molecule is CN=C(NCCS(=O)(=O)NCC1CCCCO1)NC(C)CCC(C)(C)C.I. The minimum Gasteiger partial charge on any atom is -0.377 e. The fourth-order valence-electron chi connectivity index (χ4n) is 2.71. The minimum absolute atomic E-state index is 0. The second kappa shape index (κ2) is 13.2. The predicted octanol–water partition coefficient (Wildman–Crippen LogP) is 2.47. The van der Waals surface area contributed by atoms with Gasteiger partial charge < -0.3 is 15.4 Å². The third-order valence-electron chi connectivity index (χ3n) is 4.40. The van der Waals surface area contributed by atoms with Crippen molar-refractivity contribution in [3.8, 4) is 0 Å². The third kappa shape index (κ3) is 13.6. The van der Waals surface area contributed by atoms with E-state index >= 15 is 0 Å². The molecule has 9 heteroatoms. The van der Waals surface area contributed by atoms with Crippen LogP contribution in [0.3, 0.4) is 0 Å². The Balaban J connectivity index is 0.00000676. The van der Waals surface area contributed by atoms with E-state index < -0.39 is 10.0 Å². The molecule has 0 amide bonds. The summed E-state index contributed by atoms with van der Waals surface area (Å²) < 4.78 is 32.4. The van der Waals surface area contributed by atoms with E-state index in [-0.39, 0.29) is 41.9 Å². The van der Waals surface area contributed by atoms with Gasteiger partial charge >= 0.3 is 0 Å². The Kier molecular flexibility index (Phi) is 13.1. The molecule has 0 bridgehead atoms. The Morgan fingerprint density at radius 2 is 2.00 bits per heavy atom. The highest BCUT2D eigenvalue weighted by Gasteiger charge is 2.18. The molecule has 7 nitrogen and oxygen atoms in total. The van der Waals surface area contributed by atoms with Gasteiger partial charge in [0.15, 0.2) is 5.96 Å². The average Bonchev–Trinajstić information content (AvgIpc) is 2.57. The van der Waals surface area contributed by atoms with Gasteiger partial charge in [-0.1, -0.05) is 20.8 Å². The van der Waals surface area contributed by atoms with Crippen LogP contribution in [0.2, 0.25) is 0 Å². The summed E-state index contributed by atoms with van der Waals surface area (Å²) in [6.07, 6.45) is 5.23. The van der Waals surface area contributed by atoms with Crippen LogP contribution in [0.1, 0.15) is 59.8 Å². The molecule has 1 fully saturated rings. The standard InChI is InChI=1S/C18H38N4O3S.HI/c1-15(9-10-18(2,3)4)22-17(19-5)20-11-13-26(23,24)21-14-16-8-6-7-12-25-16;/h15-16,21H,6-14H2,1-5H3,(H2,19,20,22);1H. The van der Waals surface area contributed by atoms with Gasteiger partial charge in [0.25, 0.3) is 0 Å². The first-order valence-electron chi connectivity index (χ1n) is 9.67. The van der Waals surface area contributed by atoms with E-state index in [1.807, 2.05) is 0 Å². The van der Waals surface area contributed by atoms with Crippen LogP contribution in [0.15, 0.2) is 4.99 Å². The van der Waals surface area contributed by atoms with Gasteiger partial charge in [-0.3, -0.25) is 4.99 Å². The van der Waals surface area contributed by atoms with Gasteiger partial charge in [0, 0.05) is 32.8 Å². The number of ether oxygens (including phenoxy) is 1. The third-order valence-corrected chi connectivity index (χ3v) is 5.75. The quantitative estimate of drug-likeness (QED) is 0.248. The number of nitrogens with one attached hydrogen (secondary N) is 3. The number of hydrogen-bond donors (Lipinski definition) is 3. The lowest BCUT2D eigenvalue weighted by Crippen LogP contribution is -2.45. The number of rotatable bonds is 9. The molecule has 0 aromatic heterocycles. The molecule has 1 rings (SSSR count). The molecule has 1 saturated heterocycles. The van der Waals surface area contributed by atoms with Gasteiger partial charge in [-0.2, -0.15) is 0 Å². The Labute approximate surface area is 183 Å². The molecule has 1 heterocycles. The van der Waals surface area contributed by atoms with Gasteiger partial charge in [-0.15, -0.1) is 24.0 Å². The maximum Gasteiger partial charge on any atom is 0.213 e. The van der Waals surface area contributed by atoms with E-state index in [4.69, 9.17) is 4.74 Å². The number of aliphatic imine (C=N–C) groups is 1. The van der Waals surface area contributed by atoms with E-state index in [0.717, 1.165) is 38.7 Å². The molecular weight excluding hydrogens is 479 g/mol. The average molecular weight is 519 g/mol. The van der Waals surface area contributed by atoms with Crippen molar-refractivity contribution in [3.63, 3.8) is 0 Å². The highest BCUT2D eigenvalue weighted by Crippen LogP contribution is 2.21. The smallest absolute Gasteiger partial charge is 0.213 e. The van der Waals surface area contributed by atoms with Gasteiger partial charge in [0.05, 0.1) is 11.9 Å². The number of hydrogen-bond acceptors (Lipinski definition) is 4. The van der Waals surface area contributed by atoms with Crippen molar-refractivity contribution in [2.24, 2.45) is 10.4 Å². The molecule has 1 aliphatic rings. The van der Waals surface area contributed by atoms with Crippen LogP contribution in [0.5, 0.6) is 0 Å². The summed E-state index contributed by atoms with van der Waals surface area (Å²) >= 11 is 0. The van der Waals surface area contributed by atoms with Crippen molar-refractivity contribution in [1.82, 2.24) is 15.4 Å². The molecule has 3 N–H and O–H groups in total. The number of halogens is 1. The fraction of sp³-hybridized carbons (Fsp3) is 0.944. The van der Waals surface area contributed by atoms with E-state index in [0.29, 0.717) is 24.5 Å². The second-order valence-corrected chi connectivity index (χ2v) is 10.2. The largest absolute Gasteiger partial charge is 0.377 e. The zero-order chi connectivity index (χ0) is 19.6. The maximum absolute atomic E-state index is 12.1. The van der Waals surface area contributed by atoms with Crippen molar-refractivity contribution >= 4 is 40.0 Å². The lowest BCUT2D eigenvalue weighted by atomic mass is 9.89. The monoisotopic (exact) mass is 518 g/mol. The van der Waals surface area contributed by atoms with Gasteiger partial charge in [-0.25, -0.2) is 13.1 Å². The normalized spacial score (nSPS) is 19.9. The molecule has 162 valence electrons. The summed E-state index contributed by atoms with van der Waals surface area (Å²) in [7, 11) is -1.62. The Morgan fingerprint density at radius 1 is 1.30 bits per heavy atom. The van der Waals surface area contributed by atoms with Crippen LogP contribution in [0, 0.1) is 5.41 Å². The first-order valence-corrected chi connectivity index (χ1v) is 11.3. The van der Waals surface area contributed by atoms with E-state index in [1.165, 1.54) is 0 Å². The van der Waals surface area contributed by atoms with Crippen molar-refractivity contribution in [3.05, 3.63) is 0 Å². The molecule has 27 heavy (non-hydrogen) atoms. The Morgan fingerprint density at radius 3 is 2.56 bits per heavy atom. The fourth-order valence-corrected chi connectivity index (χ4v) is 3.67. The Hall–Kier alpha value is -0.130. The lowest BCUT2D eigenvalue weighted by Gasteiger charge is -2.23. The first-order chi connectivity index (χ1) is 12.1. The van der Waals surface area contributed by atoms with Crippen LogP contribution in [0.25, 0.3) is 0 Å². The maximum atomic E-state index is 12.1. The highest BCUT2D eigenvalue weighted by molar-refractivity contribution is 14.0. The molecule has 1 aliphatic heterocycles. The summed E-state index contributed by atoms with van der Waals surface area (Å²) in [6, 6.07) is 0.276. The van der Waals surface area contributed by atoms with Crippen LogP contribution < -0.4 is 15.4 Å². The molecule has 0 saturated carbocycles. The van der Waals surface area contributed by atoms with Crippen LogP contribution in [0.4, 0.5) is 0 Å². The van der Waals surface area contributed by atoms with Crippen molar-refractivity contribution in [1.29, 1.82) is 0 Å². The summed E-state index contributed by atoms with van der Waals surface area (Å²) in [5, 5.41) is 6.39.